The lowest BCUT2D eigenvalue weighted by molar-refractivity contribution is -0.132. The molecule has 152 valence electrons. The van der Waals surface area contributed by atoms with Gasteiger partial charge in [-0.1, -0.05) is 19.1 Å². The molecular formula is C24H30N4O. The Bertz CT molecular complexity index is 1040. The number of rotatable bonds is 4. The highest BCUT2D eigenvalue weighted by atomic mass is 16.2. The molecule has 1 aromatic carbocycles. The van der Waals surface area contributed by atoms with Crippen LogP contribution in [0.15, 0.2) is 36.5 Å². The predicted molar refractivity (Wildman–Crippen MR) is 117 cm³/mol. The van der Waals surface area contributed by atoms with Gasteiger partial charge in [0.15, 0.2) is 0 Å². The van der Waals surface area contributed by atoms with Crippen molar-refractivity contribution >= 4 is 11.6 Å². The Morgan fingerprint density at radius 3 is 2.45 bits per heavy atom. The number of likely N-dealkylation sites (N-methyl/N-ethyl adjacent to an activating group) is 1. The van der Waals surface area contributed by atoms with Crippen molar-refractivity contribution < 1.29 is 4.79 Å². The zero-order valence-corrected chi connectivity index (χ0v) is 17.9. The molecule has 1 amide bonds. The van der Waals surface area contributed by atoms with Gasteiger partial charge in [-0.2, -0.15) is 0 Å². The van der Waals surface area contributed by atoms with Crippen molar-refractivity contribution in [1.82, 2.24) is 19.2 Å². The SMILES string of the molecule is CCN1CCN(C(=O)Cc2c(-c3ccc(C)c(C)c3)nc3cc(C)ccn23)CC1. The van der Waals surface area contributed by atoms with Crippen LogP contribution in [-0.4, -0.2) is 57.8 Å². The van der Waals surface area contributed by atoms with Gasteiger partial charge in [0.2, 0.25) is 5.91 Å². The Morgan fingerprint density at radius 1 is 1.00 bits per heavy atom. The molecule has 1 fully saturated rings. The summed E-state index contributed by atoms with van der Waals surface area (Å²) in [6.45, 7) is 13.1. The van der Waals surface area contributed by atoms with E-state index in [0.717, 1.165) is 55.3 Å². The van der Waals surface area contributed by atoms with Gasteiger partial charge in [-0.3, -0.25) is 4.79 Å². The van der Waals surface area contributed by atoms with Crippen LogP contribution < -0.4 is 0 Å². The van der Waals surface area contributed by atoms with E-state index in [-0.39, 0.29) is 5.91 Å². The molecule has 4 rings (SSSR count). The molecule has 0 spiro atoms. The van der Waals surface area contributed by atoms with E-state index in [1.165, 1.54) is 16.7 Å². The minimum Gasteiger partial charge on any atom is -0.340 e. The molecule has 0 aliphatic carbocycles. The molecule has 1 aliphatic rings. The highest BCUT2D eigenvalue weighted by molar-refractivity contribution is 5.82. The number of amides is 1. The average molecular weight is 391 g/mol. The van der Waals surface area contributed by atoms with Gasteiger partial charge in [0, 0.05) is 37.9 Å². The van der Waals surface area contributed by atoms with E-state index in [4.69, 9.17) is 4.98 Å². The highest BCUT2D eigenvalue weighted by Crippen LogP contribution is 2.27. The van der Waals surface area contributed by atoms with Crippen LogP contribution in [-0.2, 0) is 11.2 Å². The maximum Gasteiger partial charge on any atom is 0.228 e. The zero-order valence-electron chi connectivity index (χ0n) is 17.9. The van der Waals surface area contributed by atoms with Crippen molar-refractivity contribution in [3.63, 3.8) is 0 Å². The molecule has 29 heavy (non-hydrogen) atoms. The first-order valence-corrected chi connectivity index (χ1v) is 10.5. The summed E-state index contributed by atoms with van der Waals surface area (Å²) >= 11 is 0. The molecule has 0 saturated carbocycles. The number of piperazine rings is 1. The largest absolute Gasteiger partial charge is 0.340 e. The number of nitrogens with zero attached hydrogens (tertiary/aromatic N) is 4. The van der Waals surface area contributed by atoms with Crippen molar-refractivity contribution in [2.24, 2.45) is 0 Å². The van der Waals surface area contributed by atoms with Crippen LogP contribution in [0.25, 0.3) is 16.9 Å². The van der Waals surface area contributed by atoms with Gasteiger partial charge in [0.05, 0.1) is 17.8 Å². The van der Waals surface area contributed by atoms with Crippen LogP contribution >= 0.6 is 0 Å². The summed E-state index contributed by atoms with van der Waals surface area (Å²) < 4.78 is 2.08. The third-order valence-corrected chi connectivity index (χ3v) is 6.15. The monoisotopic (exact) mass is 390 g/mol. The lowest BCUT2D eigenvalue weighted by Gasteiger charge is -2.34. The maximum absolute atomic E-state index is 13.1. The number of hydrogen-bond donors (Lipinski definition) is 0. The Kier molecular flexibility index (Phi) is 5.41. The van der Waals surface area contributed by atoms with Gasteiger partial charge >= 0.3 is 0 Å². The number of aromatic nitrogens is 2. The van der Waals surface area contributed by atoms with Crippen molar-refractivity contribution in [3.05, 3.63) is 58.9 Å². The second-order valence-electron chi connectivity index (χ2n) is 8.13. The molecule has 5 nitrogen and oxygen atoms in total. The van der Waals surface area contributed by atoms with Gasteiger partial charge in [-0.05, 0) is 62.2 Å². The number of hydrogen-bond acceptors (Lipinski definition) is 3. The Hall–Kier alpha value is -2.66. The molecular weight excluding hydrogens is 360 g/mol. The fourth-order valence-electron chi connectivity index (χ4n) is 4.05. The first-order chi connectivity index (χ1) is 14.0. The fourth-order valence-corrected chi connectivity index (χ4v) is 4.05. The van der Waals surface area contributed by atoms with E-state index >= 15 is 0 Å². The highest BCUT2D eigenvalue weighted by Gasteiger charge is 2.24. The first-order valence-electron chi connectivity index (χ1n) is 10.5. The van der Waals surface area contributed by atoms with Gasteiger partial charge in [-0.15, -0.1) is 0 Å². The number of aryl methyl sites for hydroxylation is 3. The molecule has 0 N–H and O–H groups in total. The van der Waals surface area contributed by atoms with Gasteiger partial charge < -0.3 is 14.2 Å². The summed E-state index contributed by atoms with van der Waals surface area (Å²) in [5.41, 5.74) is 7.54. The smallest absolute Gasteiger partial charge is 0.228 e. The fraction of sp³-hybridized carbons (Fsp3) is 0.417. The minimum absolute atomic E-state index is 0.188. The quantitative estimate of drug-likeness (QED) is 0.683. The van der Waals surface area contributed by atoms with E-state index in [2.05, 4.69) is 67.3 Å². The number of carbonyl (C=O) groups excluding carboxylic acids is 1. The summed E-state index contributed by atoms with van der Waals surface area (Å²) in [4.78, 5) is 22.5. The summed E-state index contributed by atoms with van der Waals surface area (Å²) in [5.74, 6) is 0.188. The van der Waals surface area contributed by atoms with E-state index < -0.39 is 0 Å². The van der Waals surface area contributed by atoms with Crippen molar-refractivity contribution in [1.29, 1.82) is 0 Å². The molecule has 0 unspecified atom stereocenters. The topological polar surface area (TPSA) is 40.8 Å². The number of fused-ring (bicyclic) bond motifs is 1. The molecule has 1 saturated heterocycles. The summed E-state index contributed by atoms with van der Waals surface area (Å²) in [7, 11) is 0. The Labute approximate surface area is 173 Å². The van der Waals surface area contributed by atoms with E-state index in [1.54, 1.807) is 0 Å². The molecule has 0 radical (unpaired) electrons. The predicted octanol–water partition coefficient (Wildman–Crippen LogP) is 3.63. The van der Waals surface area contributed by atoms with Crippen LogP contribution in [0.5, 0.6) is 0 Å². The molecule has 5 heteroatoms. The van der Waals surface area contributed by atoms with Gasteiger partial charge in [0.25, 0.3) is 0 Å². The summed E-state index contributed by atoms with van der Waals surface area (Å²) in [6, 6.07) is 10.6. The van der Waals surface area contributed by atoms with Gasteiger partial charge in [-0.25, -0.2) is 4.98 Å². The molecule has 2 aromatic heterocycles. The second kappa shape index (κ2) is 7.99. The Morgan fingerprint density at radius 2 is 1.76 bits per heavy atom. The third-order valence-electron chi connectivity index (χ3n) is 6.15. The van der Waals surface area contributed by atoms with Gasteiger partial charge in [0.1, 0.15) is 5.65 Å². The maximum atomic E-state index is 13.1. The van der Waals surface area contributed by atoms with E-state index in [9.17, 15) is 4.79 Å². The van der Waals surface area contributed by atoms with E-state index in [1.807, 2.05) is 11.1 Å². The van der Waals surface area contributed by atoms with Crippen LogP contribution in [0.2, 0.25) is 0 Å². The normalized spacial score (nSPS) is 15.2. The molecule has 0 bridgehead atoms. The van der Waals surface area contributed by atoms with Crippen LogP contribution in [0.4, 0.5) is 0 Å². The number of pyridine rings is 1. The second-order valence-corrected chi connectivity index (χ2v) is 8.13. The lowest BCUT2D eigenvalue weighted by atomic mass is 10.0. The van der Waals surface area contributed by atoms with Crippen molar-refractivity contribution in [2.45, 2.75) is 34.1 Å². The zero-order chi connectivity index (χ0) is 20.5. The average Bonchev–Trinajstić information content (AvgIpc) is 3.07. The third kappa shape index (κ3) is 3.92. The molecule has 3 aromatic rings. The molecule has 0 atom stereocenters. The number of imidazole rings is 1. The van der Waals surface area contributed by atoms with Crippen molar-refractivity contribution in [3.8, 4) is 11.3 Å². The standard InChI is InChI=1S/C24H30N4O/c1-5-26-10-12-27(13-11-26)23(29)16-21-24(20-7-6-18(3)19(4)15-20)25-22-14-17(2)8-9-28(21)22/h6-9,14-15H,5,10-13,16H2,1-4H3. The lowest BCUT2D eigenvalue weighted by Crippen LogP contribution is -2.49. The van der Waals surface area contributed by atoms with Crippen molar-refractivity contribution in [2.75, 3.05) is 32.7 Å². The Balaban J connectivity index is 1.70. The van der Waals surface area contributed by atoms with Crippen LogP contribution in [0.3, 0.4) is 0 Å². The van der Waals surface area contributed by atoms with Crippen LogP contribution in [0, 0.1) is 20.8 Å². The first kappa shape index (κ1) is 19.6. The summed E-state index contributed by atoms with van der Waals surface area (Å²) in [6.07, 6.45) is 2.42. The number of benzene rings is 1. The number of carbonyl (C=O) groups is 1. The molecule has 3 heterocycles. The van der Waals surface area contributed by atoms with Crippen LogP contribution in [0.1, 0.15) is 29.3 Å². The molecule has 1 aliphatic heterocycles. The summed E-state index contributed by atoms with van der Waals surface area (Å²) in [5, 5.41) is 0. The minimum atomic E-state index is 0.188. The van der Waals surface area contributed by atoms with E-state index in [0.29, 0.717) is 6.42 Å².